The minimum absolute atomic E-state index is 0.0894. The molecular formula is C28H38BrN3O4S. The molecule has 0 bridgehead atoms. The van der Waals surface area contributed by atoms with Crippen molar-refractivity contribution >= 4 is 43.5 Å². The summed E-state index contributed by atoms with van der Waals surface area (Å²) in [5.41, 5.74) is 2.23. The van der Waals surface area contributed by atoms with Crippen molar-refractivity contribution in [3.63, 3.8) is 0 Å². The Morgan fingerprint density at radius 2 is 1.59 bits per heavy atom. The molecule has 2 aromatic rings. The van der Waals surface area contributed by atoms with Crippen LogP contribution >= 0.6 is 15.9 Å². The number of hydrogen-bond acceptors (Lipinski definition) is 4. The number of sulfonamides is 1. The molecule has 2 amide bonds. The lowest BCUT2D eigenvalue weighted by Gasteiger charge is -2.32. The summed E-state index contributed by atoms with van der Waals surface area (Å²) in [5.74, 6) is -0.667. The Kier molecular flexibility index (Phi) is 9.45. The summed E-state index contributed by atoms with van der Waals surface area (Å²) in [4.78, 5) is 28.3. The van der Waals surface area contributed by atoms with Crippen molar-refractivity contribution in [3.05, 3.63) is 64.1 Å². The number of nitrogens with one attached hydrogen (secondary N) is 1. The maximum absolute atomic E-state index is 13.7. The Morgan fingerprint density at radius 3 is 2.11 bits per heavy atom. The van der Waals surface area contributed by atoms with E-state index in [0.29, 0.717) is 5.69 Å². The third kappa shape index (κ3) is 8.04. The molecule has 1 atom stereocenters. The highest BCUT2D eigenvalue weighted by Gasteiger charge is 2.31. The molecule has 1 aliphatic carbocycles. The fourth-order valence-electron chi connectivity index (χ4n) is 4.50. The maximum atomic E-state index is 13.7. The molecule has 1 aliphatic rings. The average molecular weight is 593 g/mol. The zero-order valence-electron chi connectivity index (χ0n) is 22.3. The van der Waals surface area contributed by atoms with Crippen LogP contribution in [0.1, 0.15) is 64.5 Å². The average Bonchev–Trinajstić information content (AvgIpc) is 3.33. The van der Waals surface area contributed by atoms with Crippen LogP contribution in [-0.2, 0) is 31.6 Å². The van der Waals surface area contributed by atoms with E-state index < -0.39 is 28.5 Å². The Bertz CT molecular complexity index is 1190. The molecule has 0 heterocycles. The van der Waals surface area contributed by atoms with E-state index in [1.54, 1.807) is 19.1 Å². The molecule has 9 heteroatoms. The second kappa shape index (κ2) is 12.0. The predicted octanol–water partition coefficient (Wildman–Crippen LogP) is 4.99. The Labute approximate surface area is 229 Å². The number of halogens is 1. The lowest BCUT2D eigenvalue weighted by molar-refractivity contribution is -0.139. The van der Waals surface area contributed by atoms with Gasteiger partial charge in [-0.15, -0.1) is 0 Å². The molecule has 0 saturated heterocycles. The molecule has 0 aliphatic heterocycles. The van der Waals surface area contributed by atoms with E-state index in [1.807, 2.05) is 36.4 Å². The predicted molar refractivity (Wildman–Crippen MR) is 152 cm³/mol. The van der Waals surface area contributed by atoms with E-state index in [1.165, 1.54) is 4.90 Å². The van der Waals surface area contributed by atoms with Crippen LogP contribution in [0.5, 0.6) is 0 Å². The molecule has 0 radical (unpaired) electrons. The molecule has 0 aromatic heterocycles. The van der Waals surface area contributed by atoms with Crippen molar-refractivity contribution in [2.75, 3.05) is 17.1 Å². The molecule has 1 saturated carbocycles. The highest BCUT2D eigenvalue weighted by Crippen LogP contribution is 2.26. The molecule has 3 rings (SSSR count). The van der Waals surface area contributed by atoms with Gasteiger partial charge in [0, 0.05) is 17.1 Å². The van der Waals surface area contributed by atoms with Gasteiger partial charge in [-0.05, 0) is 60.6 Å². The van der Waals surface area contributed by atoms with Gasteiger partial charge in [0.05, 0.1) is 11.9 Å². The number of hydrogen-bond donors (Lipinski definition) is 1. The first-order valence-corrected chi connectivity index (χ1v) is 15.3. The van der Waals surface area contributed by atoms with Crippen molar-refractivity contribution in [1.82, 2.24) is 10.2 Å². The van der Waals surface area contributed by atoms with Gasteiger partial charge in [-0.2, -0.15) is 0 Å². The molecule has 37 heavy (non-hydrogen) atoms. The fraction of sp³-hybridized carbons (Fsp3) is 0.500. The van der Waals surface area contributed by atoms with Gasteiger partial charge in [0.1, 0.15) is 12.6 Å². The van der Waals surface area contributed by atoms with E-state index in [0.717, 1.165) is 51.8 Å². The van der Waals surface area contributed by atoms with Crippen LogP contribution in [0.2, 0.25) is 0 Å². The minimum Gasteiger partial charge on any atom is -0.352 e. The number of carbonyl (C=O) groups is 2. The molecule has 1 fully saturated rings. The topological polar surface area (TPSA) is 86.8 Å². The molecule has 0 spiro atoms. The first kappa shape index (κ1) is 29.2. The summed E-state index contributed by atoms with van der Waals surface area (Å²) in [7, 11) is -3.76. The van der Waals surface area contributed by atoms with Crippen molar-refractivity contribution in [2.45, 2.75) is 77.4 Å². The number of amides is 2. The second-order valence-corrected chi connectivity index (χ2v) is 13.7. The van der Waals surface area contributed by atoms with Crippen LogP contribution in [-0.4, -0.2) is 50.0 Å². The monoisotopic (exact) mass is 591 g/mol. The lowest BCUT2D eigenvalue weighted by atomic mass is 9.87. The Hall–Kier alpha value is -2.39. The van der Waals surface area contributed by atoms with Gasteiger partial charge >= 0.3 is 0 Å². The highest BCUT2D eigenvalue weighted by atomic mass is 79.9. The molecule has 0 unspecified atom stereocenters. The first-order valence-electron chi connectivity index (χ1n) is 12.7. The van der Waals surface area contributed by atoms with Crippen molar-refractivity contribution in [1.29, 1.82) is 0 Å². The second-order valence-electron chi connectivity index (χ2n) is 10.9. The fourth-order valence-corrected chi connectivity index (χ4v) is 5.62. The van der Waals surface area contributed by atoms with E-state index >= 15 is 0 Å². The van der Waals surface area contributed by atoms with Crippen LogP contribution in [0, 0.1) is 0 Å². The molecule has 1 N–H and O–H groups in total. The zero-order chi connectivity index (χ0) is 27.4. The van der Waals surface area contributed by atoms with Crippen LogP contribution < -0.4 is 9.62 Å². The maximum Gasteiger partial charge on any atom is 0.244 e. The van der Waals surface area contributed by atoms with E-state index in [9.17, 15) is 18.0 Å². The van der Waals surface area contributed by atoms with Gasteiger partial charge in [-0.1, -0.05) is 73.8 Å². The summed E-state index contributed by atoms with van der Waals surface area (Å²) in [5, 5.41) is 3.07. The SMILES string of the molecule is C[C@@H](C(=O)NC1CCCC1)N(Cc1ccc(Br)cc1)C(=O)CN(c1ccc(C(C)(C)C)cc1)S(C)(=O)=O. The normalized spacial score (nSPS) is 15.3. The van der Waals surface area contributed by atoms with Crippen molar-refractivity contribution in [3.8, 4) is 0 Å². The van der Waals surface area contributed by atoms with E-state index in [2.05, 4.69) is 42.0 Å². The molecular weight excluding hydrogens is 554 g/mol. The first-order chi connectivity index (χ1) is 17.3. The molecule has 2 aromatic carbocycles. The standard InChI is InChI=1S/C28H38BrN3O4S/c1-20(27(34)30-24-8-6-7-9-24)31(18-21-10-14-23(29)15-11-21)26(33)19-32(37(5,35)36)25-16-12-22(13-17-25)28(2,3)4/h10-17,20,24H,6-9,18-19H2,1-5H3,(H,30,34)/t20-/m0/s1. The van der Waals surface area contributed by atoms with Gasteiger partial charge in [-0.25, -0.2) is 8.42 Å². The highest BCUT2D eigenvalue weighted by molar-refractivity contribution is 9.10. The lowest BCUT2D eigenvalue weighted by Crippen LogP contribution is -2.52. The zero-order valence-corrected chi connectivity index (χ0v) is 24.7. The van der Waals surface area contributed by atoms with Crippen molar-refractivity contribution < 1.29 is 18.0 Å². The molecule has 7 nitrogen and oxygen atoms in total. The van der Waals surface area contributed by atoms with Gasteiger partial charge in [0.25, 0.3) is 0 Å². The quantitative estimate of drug-likeness (QED) is 0.445. The largest absolute Gasteiger partial charge is 0.352 e. The summed E-state index contributed by atoms with van der Waals surface area (Å²) in [6.07, 6.45) is 5.13. The number of anilines is 1. The number of benzene rings is 2. The summed E-state index contributed by atoms with van der Waals surface area (Å²) in [6, 6.07) is 14.1. The minimum atomic E-state index is -3.76. The van der Waals surface area contributed by atoms with Crippen LogP contribution in [0.3, 0.4) is 0 Å². The third-order valence-electron chi connectivity index (χ3n) is 6.84. The summed E-state index contributed by atoms with van der Waals surface area (Å²) < 4.78 is 27.6. The Morgan fingerprint density at radius 1 is 1.03 bits per heavy atom. The number of rotatable bonds is 9. The van der Waals surface area contributed by atoms with Gasteiger partial charge < -0.3 is 10.2 Å². The van der Waals surface area contributed by atoms with Crippen molar-refractivity contribution in [2.24, 2.45) is 0 Å². The number of carbonyl (C=O) groups excluding carboxylic acids is 2. The summed E-state index contributed by atoms with van der Waals surface area (Å²) in [6.45, 7) is 7.73. The number of nitrogens with zero attached hydrogens (tertiary/aromatic N) is 2. The van der Waals surface area contributed by atoms with Gasteiger partial charge in [-0.3, -0.25) is 13.9 Å². The van der Waals surface area contributed by atoms with Gasteiger partial charge in [0.2, 0.25) is 21.8 Å². The van der Waals surface area contributed by atoms with E-state index in [-0.39, 0.29) is 23.9 Å². The third-order valence-corrected chi connectivity index (χ3v) is 8.50. The van der Waals surface area contributed by atoms with Crippen LogP contribution in [0.4, 0.5) is 5.69 Å². The van der Waals surface area contributed by atoms with E-state index in [4.69, 9.17) is 0 Å². The smallest absolute Gasteiger partial charge is 0.244 e. The molecule has 202 valence electrons. The van der Waals surface area contributed by atoms with Gasteiger partial charge in [0.15, 0.2) is 0 Å². The van der Waals surface area contributed by atoms with Crippen LogP contribution in [0.25, 0.3) is 0 Å². The Balaban J connectivity index is 1.87. The summed E-state index contributed by atoms with van der Waals surface area (Å²) >= 11 is 3.42. The van der Waals surface area contributed by atoms with Crippen LogP contribution in [0.15, 0.2) is 53.0 Å².